The van der Waals surface area contributed by atoms with E-state index in [1.54, 1.807) is 0 Å². The Morgan fingerprint density at radius 2 is 0.942 bits per heavy atom. The number of hydrogen-bond donors (Lipinski definition) is 0. The molecule has 0 spiro atoms. The van der Waals surface area contributed by atoms with Gasteiger partial charge in [-0.15, -0.1) is 0 Å². The highest BCUT2D eigenvalue weighted by Crippen LogP contribution is 2.41. The van der Waals surface area contributed by atoms with E-state index in [1.165, 1.54) is 32.4 Å². The van der Waals surface area contributed by atoms with Crippen molar-refractivity contribution in [1.82, 2.24) is 24.1 Å². The second kappa shape index (κ2) is 11.2. The van der Waals surface area contributed by atoms with E-state index in [9.17, 15) is 0 Å². The lowest BCUT2D eigenvalue weighted by molar-refractivity contribution is 0.954. The van der Waals surface area contributed by atoms with Crippen LogP contribution >= 0.6 is 0 Å². The normalized spacial score (nSPS) is 11.8. The van der Waals surface area contributed by atoms with Crippen LogP contribution in [0.1, 0.15) is 0 Å². The first-order valence-electron chi connectivity index (χ1n) is 17.5. The van der Waals surface area contributed by atoms with Crippen molar-refractivity contribution in [1.29, 1.82) is 0 Å². The Labute approximate surface area is 298 Å². The highest BCUT2D eigenvalue weighted by atomic mass is 15.2. The minimum atomic E-state index is 0.583. The summed E-state index contributed by atoms with van der Waals surface area (Å²) < 4.78 is 4.62. The summed E-state index contributed by atoms with van der Waals surface area (Å²) in [6.07, 6.45) is 0. The van der Waals surface area contributed by atoms with E-state index in [4.69, 9.17) is 15.0 Å². The first kappa shape index (κ1) is 28.7. The molecule has 52 heavy (non-hydrogen) atoms. The number of aromatic nitrogens is 5. The Balaban J connectivity index is 1.26. The molecule has 3 aromatic heterocycles. The van der Waals surface area contributed by atoms with Crippen molar-refractivity contribution in [2.24, 2.45) is 0 Å². The lowest BCUT2D eigenvalue weighted by atomic mass is 10.0. The van der Waals surface area contributed by atoms with Crippen LogP contribution < -0.4 is 0 Å². The molecule has 242 valence electrons. The Hall–Kier alpha value is -7.11. The summed E-state index contributed by atoms with van der Waals surface area (Å²) in [6.45, 7) is 0. The number of nitrogens with zero attached hydrogens (tertiary/aromatic N) is 5. The largest absolute Gasteiger partial charge is 0.309 e. The second-order valence-electron chi connectivity index (χ2n) is 13.3. The molecule has 0 aliphatic carbocycles. The molecule has 0 bridgehead atoms. The summed E-state index contributed by atoms with van der Waals surface area (Å²) in [5, 5.41) is 9.46. The molecule has 0 aliphatic rings. The van der Waals surface area contributed by atoms with E-state index < -0.39 is 0 Å². The van der Waals surface area contributed by atoms with Gasteiger partial charge in [-0.05, 0) is 64.0 Å². The van der Waals surface area contributed by atoms with Gasteiger partial charge < -0.3 is 4.57 Å². The molecule has 3 heterocycles. The van der Waals surface area contributed by atoms with Crippen molar-refractivity contribution in [3.8, 4) is 34.4 Å². The number of benzene rings is 8. The van der Waals surface area contributed by atoms with Crippen LogP contribution in [0, 0.1) is 0 Å². The maximum atomic E-state index is 5.26. The topological polar surface area (TPSA) is 48.5 Å². The SMILES string of the molecule is c1ccc(-c2nc(-c3ccc4ccccc4c3)nc(-n3c4ccccc4c4cc5c(cc43)c3c4ccccc4ccc3n5-c3ccccc3)n2)cc1. The third-order valence-corrected chi connectivity index (χ3v) is 10.3. The van der Waals surface area contributed by atoms with E-state index in [1.807, 2.05) is 18.2 Å². The van der Waals surface area contributed by atoms with Crippen LogP contribution in [0.3, 0.4) is 0 Å². The lowest BCUT2D eigenvalue weighted by Crippen LogP contribution is -2.06. The molecule has 0 N–H and O–H groups in total. The van der Waals surface area contributed by atoms with Gasteiger partial charge in [-0.25, -0.2) is 4.98 Å². The number of hydrogen-bond acceptors (Lipinski definition) is 3. The van der Waals surface area contributed by atoms with Crippen LogP contribution in [0.25, 0.3) is 99.6 Å². The summed E-state index contributed by atoms with van der Waals surface area (Å²) >= 11 is 0. The van der Waals surface area contributed by atoms with E-state index in [-0.39, 0.29) is 0 Å². The molecule has 0 radical (unpaired) electrons. The molecule has 0 saturated heterocycles. The van der Waals surface area contributed by atoms with Crippen molar-refractivity contribution in [3.05, 3.63) is 176 Å². The zero-order valence-corrected chi connectivity index (χ0v) is 28.0. The van der Waals surface area contributed by atoms with E-state index in [0.717, 1.165) is 49.5 Å². The van der Waals surface area contributed by atoms with Gasteiger partial charge in [0.2, 0.25) is 5.95 Å². The minimum absolute atomic E-state index is 0.583. The smallest absolute Gasteiger partial charge is 0.238 e. The average Bonchev–Trinajstić information content (AvgIpc) is 3.72. The Kier molecular flexibility index (Phi) is 6.18. The van der Waals surface area contributed by atoms with Gasteiger partial charge in [0.05, 0.1) is 22.1 Å². The lowest BCUT2D eigenvalue weighted by Gasteiger charge is -2.11. The molecule has 0 aliphatic heterocycles. The monoisotopic (exact) mass is 663 g/mol. The fourth-order valence-corrected chi connectivity index (χ4v) is 7.96. The Morgan fingerprint density at radius 3 is 1.77 bits per heavy atom. The number of rotatable bonds is 4. The van der Waals surface area contributed by atoms with Crippen LogP contribution in [-0.2, 0) is 0 Å². The molecule has 0 saturated carbocycles. The third kappa shape index (κ3) is 4.33. The number of para-hydroxylation sites is 2. The molecule has 0 fully saturated rings. The zero-order valence-electron chi connectivity index (χ0n) is 28.0. The fourth-order valence-electron chi connectivity index (χ4n) is 7.96. The van der Waals surface area contributed by atoms with Gasteiger partial charge in [0.25, 0.3) is 0 Å². The molecule has 11 rings (SSSR count). The molecule has 0 unspecified atom stereocenters. The predicted octanol–water partition coefficient (Wildman–Crippen LogP) is 11.7. The van der Waals surface area contributed by atoms with Crippen LogP contribution in [0.2, 0.25) is 0 Å². The summed E-state index contributed by atoms with van der Waals surface area (Å²) in [5.41, 5.74) is 7.43. The van der Waals surface area contributed by atoms with E-state index in [0.29, 0.717) is 17.6 Å². The van der Waals surface area contributed by atoms with Gasteiger partial charge in [-0.2, -0.15) is 9.97 Å². The standard InChI is InChI=1S/C47H29N5/c1-3-15-32(16-4-1)45-48-46(34-24-23-30-13-7-8-17-33(30)27-34)50-47(49-45)52-40-22-12-11-21-37(40)38-28-43-39(29-42(38)52)44-36-20-10-9-14-31(36)25-26-41(44)51(43)35-18-5-2-6-19-35/h1-29H. The van der Waals surface area contributed by atoms with Crippen molar-refractivity contribution in [2.45, 2.75) is 0 Å². The molecule has 5 heteroatoms. The first-order valence-corrected chi connectivity index (χ1v) is 17.5. The zero-order chi connectivity index (χ0) is 34.2. The van der Waals surface area contributed by atoms with Crippen LogP contribution in [-0.4, -0.2) is 24.1 Å². The Bertz CT molecular complexity index is 3180. The molecule has 5 nitrogen and oxygen atoms in total. The van der Waals surface area contributed by atoms with Gasteiger partial charge in [-0.3, -0.25) is 4.57 Å². The summed E-state index contributed by atoms with van der Waals surface area (Å²) in [7, 11) is 0. The summed E-state index contributed by atoms with van der Waals surface area (Å²) in [4.78, 5) is 15.5. The number of fused-ring (bicyclic) bond motifs is 9. The van der Waals surface area contributed by atoms with Gasteiger partial charge in [-0.1, -0.05) is 133 Å². The van der Waals surface area contributed by atoms with Crippen molar-refractivity contribution >= 4 is 65.2 Å². The van der Waals surface area contributed by atoms with Crippen molar-refractivity contribution in [3.63, 3.8) is 0 Å². The molecule has 8 aromatic carbocycles. The highest BCUT2D eigenvalue weighted by molar-refractivity contribution is 6.25. The van der Waals surface area contributed by atoms with Gasteiger partial charge in [0, 0.05) is 38.4 Å². The average molecular weight is 664 g/mol. The highest BCUT2D eigenvalue weighted by Gasteiger charge is 2.22. The molecular formula is C47H29N5. The van der Waals surface area contributed by atoms with E-state index in [2.05, 4.69) is 167 Å². The van der Waals surface area contributed by atoms with E-state index >= 15 is 0 Å². The second-order valence-corrected chi connectivity index (χ2v) is 13.3. The minimum Gasteiger partial charge on any atom is -0.309 e. The van der Waals surface area contributed by atoms with Gasteiger partial charge in [0.1, 0.15) is 0 Å². The van der Waals surface area contributed by atoms with Crippen LogP contribution in [0.4, 0.5) is 0 Å². The third-order valence-electron chi connectivity index (χ3n) is 10.3. The molecule has 11 aromatic rings. The van der Waals surface area contributed by atoms with Crippen molar-refractivity contribution < 1.29 is 0 Å². The summed E-state index contributed by atoms with van der Waals surface area (Å²) in [6, 6.07) is 62.1. The van der Waals surface area contributed by atoms with Gasteiger partial charge in [0.15, 0.2) is 11.6 Å². The van der Waals surface area contributed by atoms with Crippen molar-refractivity contribution in [2.75, 3.05) is 0 Å². The van der Waals surface area contributed by atoms with Crippen LogP contribution in [0.5, 0.6) is 0 Å². The quantitative estimate of drug-likeness (QED) is 0.188. The first-order chi connectivity index (χ1) is 25.8. The summed E-state index contributed by atoms with van der Waals surface area (Å²) in [5.74, 6) is 1.85. The molecule has 0 amide bonds. The Morgan fingerprint density at radius 1 is 0.327 bits per heavy atom. The molecule has 0 atom stereocenters. The fraction of sp³-hybridized carbons (Fsp3) is 0. The maximum Gasteiger partial charge on any atom is 0.238 e. The van der Waals surface area contributed by atoms with Gasteiger partial charge >= 0.3 is 0 Å². The molecular weight excluding hydrogens is 635 g/mol. The van der Waals surface area contributed by atoms with Crippen LogP contribution in [0.15, 0.2) is 176 Å². The maximum absolute atomic E-state index is 5.26. The predicted molar refractivity (Wildman–Crippen MR) is 214 cm³/mol.